The van der Waals surface area contributed by atoms with E-state index in [1.54, 1.807) is 6.92 Å². The highest BCUT2D eigenvalue weighted by Gasteiger charge is 2.29. The lowest BCUT2D eigenvalue weighted by Crippen LogP contribution is -2.46. The minimum Gasteiger partial charge on any atom is -0.341 e. The number of carbonyl (C=O) groups is 2. The predicted molar refractivity (Wildman–Crippen MR) is 110 cm³/mol. The summed E-state index contributed by atoms with van der Waals surface area (Å²) < 4.78 is 0. The minimum atomic E-state index is 0.101. The standard InChI is InChI=1S/C22H33N5O2/c1-16-5-9-25(10-6-16)15-21(29)27-8-3-4-18(13-27)22-23-12-19-14-26(17(2)28)11-7-20(19)24-22/h12,16,18H,3-11,13-15H2,1-2H3/t18-/m0/s1. The molecular weight excluding hydrogens is 366 g/mol. The summed E-state index contributed by atoms with van der Waals surface area (Å²) in [5.41, 5.74) is 2.12. The third-order valence-electron chi connectivity index (χ3n) is 6.77. The van der Waals surface area contributed by atoms with E-state index in [9.17, 15) is 9.59 Å². The zero-order chi connectivity index (χ0) is 20.4. The summed E-state index contributed by atoms with van der Waals surface area (Å²) in [5, 5.41) is 0. The molecule has 158 valence electrons. The van der Waals surface area contributed by atoms with Gasteiger partial charge in [-0.05, 0) is 44.7 Å². The number of hydrogen-bond donors (Lipinski definition) is 0. The third kappa shape index (κ3) is 4.77. The van der Waals surface area contributed by atoms with Gasteiger partial charge in [-0.3, -0.25) is 14.5 Å². The molecule has 0 aliphatic carbocycles. The van der Waals surface area contributed by atoms with Crippen LogP contribution in [-0.4, -0.2) is 75.8 Å². The number of hydrogen-bond acceptors (Lipinski definition) is 5. The van der Waals surface area contributed by atoms with Crippen LogP contribution in [0.1, 0.15) is 62.5 Å². The Balaban J connectivity index is 1.37. The van der Waals surface area contributed by atoms with Crippen molar-refractivity contribution in [2.24, 2.45) is 5.92 Å². The van der Waals surface area contributed by atoms with E-state index in [0.717, 1.165) is 75.0 Å². The normalized spacial score (nSPS) is 23.7. The molecule has 4 heterocycles. The molecule has 0 saturated carbocycles. The van der Waals surface area contributed by atoms with Crippen molar-refractivity contribution in [1.29, 1.82) is 0 Å². The molecule has 2 saturated heterocycles. The summed E-state index contributed by atoms with van der Waals surface area (Å²) in [6.07, 6.45) is 7.10. The lowest BCUT2D eigenvalue weighted by atomic mass is 9.96. The zero-order valence-corrected chi connectivity index (χ0v) is 17.8. The van der Waals surface area contributed by atoms with Crippen LogP contribution in [0.4, 0.5) is 0 Å². The van der Waals surface area contributed by atoms with Crippen molar-refractivity contribution in [3.63, 3.8) is 0 Å². The van der Waals surface area contributed by atoms with Gasteiger partial charge in [0, 0.05) is 57.2 Å². The number of nitrogens with zero attached hydrogens (tertiary/aromatic N) is 5. The van der Waals surface area contributed by atoms with Crippen LogP contribution in [-0.2, 0) is 22.6 Å². The largest absolute Gasteiger partial charge is 0.341 e. The molecular formula is C22H33N5O2. The van der Waals surface area contributed by atoms with Crippen molar-refractivity contribution in [2.45, 2.75) is 58.4 Å². The Morgan fingerprint density at radius 3 is 2.66 bits per heavy atom. The minimum absolute atomic E-state index is 0.101. The van der Waals surface area contributed by atoms with Crippen LogP contribution >= 0.6 is 0 Å². The van der Waals surface area contributed by atoms with Gasteiger partial charge in [-0.1, -0.05) is 6.92 Å². The van der Waals surface area contributed by atoms with E-state index < -0.39 is 0 Å². The van der Waals surface area contributed by atoms with Gasteiger partial charge in [-0.2, -0.15) is 0 Å². The fourth-order valence-electron chi connectivity index (χ4n) is 4.72. The van der Waals surface area contributed by atoms with E-state index in [0.29, 0.717) is 13.1 Å². The van der Waals surface area contributed by atoms with E-state index in [-0.39, 0.29) is 17.7 Å². The summed E-state index contributed by atoms with van der Waals surface area (Å²) in [7, 11) is 0. The van der Waals surface area contributed by atoms with Crippen LogP contribution in [0, 0.1) is 5.92 Å². The first-order valence-electron chi connectivity index (χ1n) is 11.1. The molecule has 1 aromatic heterocycles. The van der Waals surface area contributed by atoms with Gasteiger partial charge in [-0.15, -0.1) is 0 Å². The molecule has 2 fully saturated rings. The molecule has 1 aromatic rings. The van der Waals surface area contributed by atoms with Crippen molar-refractivity contribution >= 4 is 11.8 Å². The molecule has 7 nitrogen and oxygen atoms in total. The summed E-state index contributed by atoms with van der Waals surface area (Å²) in [4.78, 5) is 40.1. The molecule has 0 radical (unpaired) electrons. The number of likely N-dealkylation sites (tertiary alicyclic amines) is 2. The molecule has 3 aliphatic heterocycles. The van der Waals surface area contributed by atoms with Crippen molar-refractivity contribution in [3.05, 3.63) is 23.3 Å². The average molecular weight is 400 g/mol. The first-order valence-corrected chi connectivity index (χ1v) is 11.1. The molecule has 29 heavy (non-hydrogen) atoms. The van der Waals surface area contributed by atoms with Crippen LogP contribution in [0.25, 0.3) is 0 Å². The summed E-state index contributed by atoms with van der Waals surface area (Å²) in [6, 6.07) is 0. The number of rotatable bonds is 3. The highest BCUT2D eigenvalue weighted by molar-refractivity contribution is 5.78. The van der Waals surface area contributed by atoms with Gasteiger partial charge in [0.05, 0.1) is 12.2 Å². The van der Waals surface area contributed by atoms with E-state index >= 15 is 0 Å². The Hall–Kier alpha value is -2.02. The molecule has 1 atom stereocenters. The van der Waals surface area contributed by atoms with E-state index in [2.05, 4.69) is 16.8 Å². The van der Waals surface area contributed by atoms with Crippen molar-refractivity contribution in [3.8, 4) is 0 Å². The Bertz CT molecular complexity index is 760. The van der Waals surface area contributed by atoms with E-state index in [1.807, 2.05) is 16.0 Å². The molecule has 0 aromatic carbocycles. The quantitative estimate of drug-likeness (QED) is 0.775. The molecule has 0 bridgehead atoms. The van der Waals surface area contributed by atoms with Crippen LogP contribution in [0.15, 0.2) is 6.20 Å². The first-order chi connectivity index (χ1) is 14.0. The molecule has 0 unspecified atom stereocenters. The van der Waals surface area contributed by atoms with Crippen molar-refractivity contribution in [1.82, 2.24) is 24.7 Å². The first kappa shape index (κ1) is 20.3. The predicted octanol–water partition coefficient (Wildman–Crippen LogP) is 1.82. The van der Waals surface area contributed by atoms with Gasteiger partial charge < -0.3 is 9.80 Å². The Morgan fingerprint density at radius 1 is 1.10 bits per heavy atom. The Labute approximate surface area is 173 Å². The summed E-state index contributed by atoms with van der Waals surface area (Å²) in [6.45, 7) is 9.43. The SMILES string of the molecule is CC(=O)N1CCc2nc([C@H]3CCCN(C(=O)CN4CCC(C)CC4)C3)ncc2C1. The molecule has 2 amide bonds. The second kappa shape index (κ2) is 8.78. The summed E-state index contributed by atoms with van der Waals surface area (Å²) >= 11 is 0. The lowest BCUT2D eigenvalue weighted by molar-refractivity contribution is -0.134. The fourth-order valence-corrected chi connectivity index (χ4v) is 4.72. The van der Waals surface area contributed by atoms with Crippen LogP contribution in [0.2, 0.25) is 0 Å². The van der Waals surface area contributed by atoms with Crippen LogP contribution in [0.5, 0.6) is 0 Å². The number of piperidine rings is 2. The van der Waals surface area contributed by atoms with Gasteiger partial charge >= 0.3 is 0 Å². The maximum Gasteiger partial charge on any atom is 0.236 e. The highest BCUT2D eigenvalue weighted by Crippen LogP contribution is 2.27. The van der Waals surface area contributed by atoms with Crippen molar-refractivity contribution in [2.75, 3.05) is 39.3 Å². The monoisotopic (exact) mass is 399 g/mol. The number of carbonyl (C=O) groups excluding carboxylic acids is 2. The topological polar surface area (TPSA) is 69.6 Å². The Morgan fingerprint density at radius 2 is 1.90 bits per heavy atom. The maximum absolute atomic E-state index is 12.9. The smallest absolute Gasteiger partial charge is 0.236 e. The summed E-state index contributed by atoms with van der Waals surface area (Å²) in [5.74, 6) is 2.21. The second-order valence-corrected chi connectivity index (χ2v) is 9.03. The number of amides is 2. The fraction of sp³-hybridized carbons (Fsp3) is 0.727. The molecule has 0 N–H and O–H groups in total. The lowest BCUT2D eigenvalue weighted by Gasteiger charge is -2.35. The zero-order valence-electron chi connectivity index (χ0n) is 17.8. The maximum atomic E-state index is 12.9. The van der Waals surface area contributed by atoms with Crippen molar-refractivity contribution < 1.29 is 9.59 Å². The van der Waals surface area contributed by atoms with Gasteiger partial charge in [0.15, 0.2) is 0 Å². The van der Waals surface area contributed by atoms with E-state index in [4.69, 9.17) is 4.98 Å². The molecule has 7 heteroatoms. The molecule has 4 rings (SSSR count). The third-order valence-corrected chi connectivity index (χ3v) is 6.77. The van der Waals surface area contributed by atoms with Gasteiger partial charge in [-0.25, -0.2) is 9.97 Å². The van der Waals surface area contributed by atoms with Crippen LogP contribution in [0.3, 0.4) is 0 Å². The second-order valence-electron chi connectivity index (χ2n) is 9.03. The molecule has 3 aliphatic rings. The van der Waals surface area contributed by atoms with Crippen LogP contribution < -0.4 is 0 Å². The van der Waals surface area contributed by atoms with Gasteiger partial charge in [0.1, 0.15) is 5.82 Å². The molecule has 0 spiro atoms. The number of aromatic nitrogens is 2. The Kier molecular flexibility index (Phi) is 6.13. The van der Waals surface area contributed by atoms with Gasteiger partial charge in [0.25, 0.3) is 0 Å². The highest BCUT2D eigenvalue weighted by atomic mass is 16.2. The van der Waals surface area contributed by atoms with Gasteiger partial charge in [0.2, 0.25) is 11.8 Å². The average Bonchev–Trinajstić information content (AvgIpc) is 2.74. The van der Waals surface area contributed by atoms with E-state index in [1.165, 1.54) is 12.8 Å². The number of fused-ring (bicyclic) bond motifs is 1.